The van der Waals surface area contributed by atoms with Crippen molar-refractivity contribution in [2.24, 2.45) is 18.9 Å². The Labute approximate surface area is 212 Å². The lowest BCUT2D eigenvalue weighted by Crippen LogP contribution is -2.49. The summed E-state index contributed by atoms with van der Waals surface area (Å²) < 4.78 is 1.70. The average molecular weight is 493 g/mol. The number of anilines is 2. The second kappa shape index (κ2) is 10.3. The van der Waals surface area contributed by atoms with E-state index in [0.717, 1.165) is 50.2 Å². The number of carbonyl (C=O) groups is 3. The second-order valence-corrected chi connectivity index (χ2v) is 10.5. The molecule has 1 aromatic carbocycles. The number of hydrogen-bond donors (Lipinski definition) is 1. The van der Waals surface area contributed by atoms with E-state index in [9.17, 15) is 14.4 Å². The number of nitrogens with zero attached hydrogens (tertiary/aromatic N) is 5. The largest absolute Gasteiger partial charge is 0.350 e. The molecule has 3 fully saturated rings. The highest BCUT2D eigenvalue weighted by molar-refractivity contribution is 6.05. The van der Waals surface area contributed by atoms with Gasteiger partial charge in [0.25, 0.3) is 5.91 Å². The summed E-state index contributed by atoms with van der Waals surface area (Å²) >= 11 is 0. The highest BCUT2D eigenvalue weighted by Gasteiger charge is 2.35. The van der Waals surface area contributed by atoms with Gasteiger partial charge in [-0.1, -0.05) is 19.1 Å². The Morgan fingerprint density at radius 2 is 1.69 bits per heavy atom. The molecular weight excluding hydrogens is 456 g/mol. The molecule has 9 heteroatoms. The van der Waals surface area contributed by atoms with Gasteiger partial charge in [0.2, 0.25) is 11.8 Å². The zero-order chi connectivity index (χ0) is 25.2. The molecule has 0 atom stereocenters. The minimum Gasteiger partial charge on any atom is -0.350 e. The van der Waals surface area contributed by atoms with Crippen LogP contribution in [0.2, 0.25) is 0 Å². The number of hydrogen-bond acceptors (Lipinski definition) is 5. The lowest BCUT2D eigenvalue weighted by Gasteiger charge is -2.35. The number of aryl methyl sites for hydroxylation is 1. The molecule has 0 unspecified atom stereocenters. The van der Waals surface area contributed by atoms with Crippen LogP contribution in [0, 0.1) is 11.8 Å². The fourth-order valence-electron chi connectivity index (χ4n) is 5.09. The fraction of sp³-hybridized carbons (Fsp3) is 0.556. The molecule has 2 saturated heterocycles. The van der Waals surface area contributed by atoms with Crippen LogP contribution in [-0.2, 0) is 23.1 Å². The Hall–Kier alpha value is -3.36. The summed E-state index contributed by atoms with van der Waals surface area (Å²) in [5.41, 5.74) is 2.00. The molecule has 3 heterocycles. The lowest BCUT2D eigenvalue weighted by atomic mass is 9.98. The Morgan fingerprint density at radius 1 is 0.972 bits per heavy atom. The summed E-state index contributed by atoms with van der Waals surface area (Å²) in [6.07, 6.45) is 6.24. The summed E-state index contributed by atoms with van der Waals surface area (Å²) in [5.74, 6) is 1.79. The Morgan fingerprint density at radius 3 is 2.39 bits per heavy atom. The normalized spacial score (nSPS) is 18.9. The summed E-state index contributed by atoms with van der Waals surface area (Å²) in [6, 6.07) is 7.30. The van der Waals surface area contributed by atoms with Gasteiger partial charge in [0.1, 0.15) is 5.69 Å². The van der Waals surface area contributed by atoms with Crippen LogP contribution in [0.4, 0.5) is 11.5 Å². The van der Waals surface area contributed by atoms with Crippen molar-refractivity contribution in [2.45, 2.75) is 39.0 Å². The number of amides is 3. The molecule has 0 bridgehead atoms. The van der Waals surface area contributed by atoms with Gasteiger partial charge < -0.3 is 20.0 Å². The number of benzene rings is 1. The summed E-state index contributed by atoms with van der Waals surface area (Å²) in [4.78, 5) is 44.3. The maximum atomic E-state index is 13.1. The van der Waals surface area contributed by atoms with Crippen LogP contribution in [0.15, 0.2) is 30.5 Å². The summed E-state index contributed by atoms with van der Waals surface area (Å²) in [5, 5.41) is 7.60. The molecule has 0 spiro atoms. The standard InChI is InChI=1S/C27H36N6O3/c1-19-8-10-31(11-9-19)24(34)17-20-4-3-5-22(16-20)26(35)28-23-18-30(2)29-25(23)32-12-14-33(15-13-32)27(36)21-6-7-21/h3-5,16,18-19,21H,6-15,17H2,1-2H3,(H,28,35). The molecule has 1 aliphatic carbocycles. The Balaban J connectivity index is 1.21. The van der Waals surface area contributed by atoms with Crippen LogP contribution in [0.3, 0.4) is 0 Å². The SMILES string of the molecule is CC1CCN(C(=O)Cc2cccc(C(=O)Nc3cn(C)nc3N3CCN(C(=O)C4CC4)CC3)c2)CC1. The van der Waals surface area contributed by atoms with Crippen molar-refractivity contribution in [2.75, 3.05) is 49.5 Å². The minimum absolute atomic E-state index is 0.119. The molecule has 1 N–H and O–H groups in total. The van der Waals surface area contributed by atoms with Crippen molar-refractivity contribution in [1.29, 1.82) is 0 Å². The van der Waals surface area contributed by atoms with Gasteiger partial charge in [0.15, 0.2) is 5.82 Å². The smallest absolute Gasteiger partial charge is 0.255 e. The first-order valence-electron chi connectivity index (χ1n) is 13.1. The number of piperazine rings is 1. The van der Waals surface area contributed by atoms with Crippen molar-refractivity contribution in [3.63, 3.8) is 0 Å². The predicted molar refractivity (Wildman–Crippen MR) is 138 cm³/mol. The third-order valence-corrected chi connectivity index (χ3v) is 7.56. The van der Waals surface area contributed by atoms with Crippen LogP contribution < -0.4 is 10.2 Å². The zero-order valence-electron chi connectivity index (χ0n) is 21.3. The quantitative estimate of drug-likeness (QED) is 0.669. The number of carbonyl (C=O) groups excluding carboxylic acids is 3. The topological polar surface area (TPSA) is 90.8 Å². The minimum atomic E-state index is -0.229. The Bertz CT molecular complexity index is 1120. The van der Waals surface area contributed by atoms with Gasteiger partial charge in [0, 0.05) is 57.8 Å². The number of rotatable bonds is 6. The third-order valence-electron chi connectivity index (χ3n) is 7.56. The van der Waals surface area contributed by atoms with E-state index < -0.39 is 0 Å². The summed E-state index contributed by atoms with van der Waals surface area (Å²) in [6.45, 7) is 6.57. The molecule has 36 heavy (non-hydrogen) atoms. The van der Waals surface area contributed by atoms with Crippen LogP contribution in [0.1, 0.15) is 48.5 Å². The zero-order valence-corrected chi connectivity index (χ0v) is 21.3. The maximum absolute atomic E-state index is 13.1. The maximum Gasteiger partial charge on any atom is 0.255 e. The molecule has 5 rings (SSSR count). The van der Waals surface area contributed by atoms with Gasteiger partial charge in [-0.05, 0) is 49.3 Å². The third kappa shape index (κ3) is 5.55. The molecule has 192 valence electrons. The van der Waals surface area contributed by atoms with E-state index in [1.54, 1.807) is 23.0 Å². The number of aromatic nitrogens is 2. The average Bonchev–Trinajstić information content (AvgIpc) is 3.67. The van der Waals surface area contributed by atoms with Crippen molar-refractivity contribution >= 4 is 29.2 Å². The van der Waals surface area contributed by atoms with Gasteiger partial charge in [-0.2, -0.15) is 5.10 Å². The van der Waals surface area contributed by atoms with Gasteiger partial charge in [-0.15, -0.1) is 0 Å². The van der Waals surface area contributed by atoms with E-state index in [2.05, 4.69) is 22.2 Å². The number of nitrogens with one attached hydrogen (secondary N) is 1. The van der Waals surface area contributed by atoms with Crippen molar-refractivity contribution < 1.29 is 14.4 Å². The van der Waals surface area contributed by atoms with Gasteiger partial charge in [-0.25, -0.2) is 0 Å². The lowest BCUT2D eigenvalue weighted by molar-refractivity contribution is -0.133. The van der Waals surface area contributed by atoms with Crippen molar-refractivity contribution in [1.82, 2.24) is 19.6 Å². The van der Waals surface area contributed by atoms with E-state index in [1.165, 1.54) is 0 Å². The van der Waals surface area contributed by atoms with E-state index in [0.29, 0.717) is 49.8 Å². The molecule has 0 radical (unpaired) electrons. The summed E-state index contributed by atoms with van der Waals surface area (Å²) in [7, 11) is 1.83. The van der Waals surface area contributed by atoms with Crippen molar-refractivity contribution in [3.8, 4) is 0 Å². The molecule has 3 aliphatic rings. The first-order valence-corrected chi connectivity index (χ1v) is 13.1. The van der Waals surface area contributed by atoms with E-state index in [4.69, 9.17) is 0 Å². The van der Waals surface area contributed by atoms with Crippen LogP contribution >= 0.6 is 0 Å². The Kier molecular flexibility index (Phi) is 6.98. The molecule has 2 aromatic rings. The van der Waals surface area contributed by atoms with Gasteiger partial charge >= 0.3 is 0 Å². The van der Waals surface area contributed by atoms with Crippen molar-refractivity contribution in [3.05, 3.63) is 41.6 Å². The first-order chi connectivity index (χ1) is 17.4. The van der Waals surface area contributed by atoms with Crippen LogP contribution in [0.25, 0.3) is 0 Å². The monoisotopic (exact) mass is 492 g/mol. The van der Waals surface area contributed by atoms with Gasteiger partial charge in [-0.3, -0.25) is 19.1 Å². The number of likely N-dealkylation sites (tertiary alicyclic amines) is 1. The first kappa shape index (κ1) is 24.3. The van der Waals surface area contributed by atoms with E-state index in [1.807, 2.05) is 29.0 Å². The molecule has 1 aromatic heterocycles. The van der Waals surface area contributed by atoms with E-state index in [-0.39, 0.29) is 23.6 Å². The molecule has 9 nitrogen and oxygen atoms in total. The number of piperidine rings is 1. The highest BCUT2D eigenvalue weighted by Crippen LogP contribution is 2.32. The van der Waals surface area contributed by atoms with E-state index >= 15 is 0 Å². The fourth-order valence-corrected chi connectivity index (χ4v) is 5.09. The van der Waals surface area contributed by atoms with Crippen LogP contribution in [-0.4, -0.2) is 76.6 Å². The molecule has 1 saturated carbocycles. The molecular formula is C27H36N6O3. The van der Waals surface area contributed by atoms with Crippen LogP contribution in [0.5, 0.6) is 0 Å². The predicted octanol–water partition coefficient (Wildman–Crippen LogP) is 2.53. The highest BCUT2D eigenvalue weighted by atomic mass is 16.2. The van der Waals surface area contributed by atoms with Gasteiger partial charge in [0.05, 0.1) is 12.6 Å². The molecule has 2 aliphatic heterocycles. The second-order valence-electron chi connectivity index (χ2n) is 10.5. The molecule has 3 amide bonds.